The lowest BCUT2D eigenvalue weighted by molar-refractivity contribution is -0.0860. The molecule has 0 spiro atoms. The van der Waals surface area contributed by atoms with E-state index in [2.05, 4.69) is 4.99 Å². The second-order valence-electron chi connectivity index (χ2n) is 5.66. The van der Waals surface area contributed by atoms with E-state index in [9.17, 15) is 5.11 Å². The second-order valence-corrected chi connectivity index (χ2v) is 5.66. The molecule has 6 nitrogen and oxygen atoms in total. The van der Waals surface area contributed by atoms with Crippen LogP contribution in [-0.2, 0) is 14.0 Å². The van der Waals surface area contributed by atoms with Crippen LogP contribution in [0.5, 0.6) is 0 Å². The first kappa shape index (κ1) is 21.1. The Labute approximate surface area is 134 Å². The van der Waals surface area contributed by atoms with Crippen molar-refractivity contribution in [3.8, 4) is 0 Å². The molecular formula is C15H31BN2O4. The van der Waals surface area contributed by atoms with Crippen molar-refractivity contribution in [1.29, 1.82) is 0 Å². The molecule has 0 radical (unpaired) electrons. The summed E-state index contributed by atoms with van der Waals surface area (Å²) < 4.78 is 16.7. The van der Waals surface area contributed by atoms with Crippen LogP contribution in [0.25, 0.3) is 0 Å². The number of allylic oxidation sites excluding steroid dienone is 1. The molecule has 1 aliphatic heterocycles. The zero-order valence-corrected chi connectivity index (χ0v) is 14.9. The smallest absolute Gasteiger partial charge is 0.405 e. The maximum atomic E-state index is 9.42. The SMILES string of the molecule is CC.CCOC(O)CN=C/C(=C\N)B1OC(C)(C)C(C)(C)O1. The van der Waals surface area contributed by atoms with Gasteiger partial charge in [0.05, 0.1) is 17.7 Å². The first-order valence-electron chi connectivity index (χ1n) is 7.80. The standard InChI is InChI=1S/C13H25BN2O4.C2H6/c1-6-18-11(17)9-16-8-10(7-15)14-19-12(2,3)13(4,5)20-14;1-2/h7-8,11,17H,6,9,15H2,1-5H3;1-2H3/b10-7+,16-8?;. The van der Waals surface area contributed by atoms with E-state index in [1.165, 1.54) is 6.20 Å². The van der Waals surface area contributed by atoms with Gasteiger partial charge in [-0.05, 0) is 40.8 Å². The van der Waals surface area contributed by atoms with Crippen molar-refractivity contribution >= 4 is 13.3 Å². The molecule has 1 unspecified atom stereocenters. The topological polar surface area (TPSA) is 86.3 Å². The first-order valence-corrected chi connectivity index (χ1v) is 7.80. The lowest BCUT2D eigenvalue weighted by atomic mass is 9.79. The highest BCUT2D eigenvalue weighted by atomic mass is 16.7. The highest BCUT2D eigenvalue weighted by Gasteiger charge is 2.52. The molecule has 7 heteroatoms. The molecule has 0 aliphatic carbocycles. The Morgan fingerprint density at radius 3 is 2.18 bits per heavy atom. The molecule has 1 aliphatic rings. The van der Waals surface area contributed by atoms with Crippen LogP contribution < -0.4 is 5.73 Å². The quantitative estimate of drug-likeness (QED) is 0.444. The van der Waals surface area contributed by atoms with Crippen LogP contribution in [0, 0.1) is 0 Å². The number of ether oxygens (including phenoxy) is 1. The van der Waals surface area contributed by atoms with Crippen LogP contribution in [0.15, 0.2) is 16.7 Å². The Morgan fingerprint density at radius 1 is 1.27 bits per heavy atom. The monoisotopic (exact) mass is 314 g/mol. The summed E-state index contributed by atoms with van der Waals surface area (Å²) in [5, 5.41) is 9.42. The molecule has 0 aromatic rings. The van der Waals surface area contributed by atoms with Crippen LogP contribution in [0.3, 0.4) is 0 Å². The van der Waals surface area contributed by atoms with Crippen molar-refractivity contribution < 1.29 is 19.2 Å². The average molecular weight is 314 g/mol. The van der Waals surface area contributed by atoms with Crippen molar-refractivity contribution in [2.45, 2.75) is 66.0 Å². The van der Waals surface area contributed by atoms with Crippen LogP contribution in [0.4, 0.5) is 0 Å². The summed E-state index contributed by atoms with van der Waals surface area (Å²) in [7, 11) is -0.557. The van der Waals surface area contributed by atoms with Crippen molar-refractivity contribution in [3.05, 3.63) is 11.7 Å². The Hall–Kier alpha value is -0.885. The molecule has 1 saturated heterocycles. The molecular weight excluding hydrogens is 283 g/mol. The van der Waals surface area contributed by atoms with Crippen molar-refractivity contribution in [2.24, 2.45) is 10.7 Å². The fourth-order valence-electron chi connectivity index (χ4n) is 1.65. The fraction of sp³-hybridized carbons (Fsp3) is 0.800. The van der Waals surface area contributed by atoms with E-state index in [-0.39, 0.29) is 6.54 Å². The zero-order chi connectivity index (χ0) is 17.4. The Morgan fingerprint density at radius 2 is 1.77 bits per heavy atom. The Balaban J connectivity index is 0.00000211. The van der Waals surface area contributed by atoms with Gasteiger partial charge in [0, 0.05) is 18.3 Å². The second kappa shape index (κ2) is 9.30. The van der Waals surface area contributed by atoms with Crippen LogP contribution in [0.2, 0.25) is 0 Å². The minimum absolute atomic E-state index is 0.144. The van der Waals surface area contributed by atoms with Gasteiger partial charge in [0.1, 0.15) is 0 Å². The molecule has 128 valence electrons. The summed E-state index contributed by atoms with van der Waals surface area (Å²) in [6, 6.07) is 0. The highest BCUT2D eigenvalue weighted by molar-refractivity contribution is 6.60. The van der Waals surface area contributed by atoms with Gasteiger partial charge in [-0.15, -0.1) is 0 Å². The van der Waals surface area contributed by atoms with Crippen LogP contribution >= 0.6 is 0 Å². The number of aliphatic imine (C=N–C) groups is 1. The largest absolute Gasteiger partial charge is 0.497 e. The van der Waals surface area contributed by atoms with Gasteiger partial charge in [-0.1, -0.05) is 13.8 Å². The maximum Gasteiger partial charge on any atom is 0.497 e. The minimum Gasteiger partial charge on any atom is -0.405 e. The molecule has 0 bridgehead atoms. The lowest BCUT2D eigenvalue weighted by Gasteiger charge is -2.32. The summed E-state index contributed by atoms with van der Waals surface area (Å²) >= 11 is 0. The summed E-state index contributed by atoms with van der Waals surface area (Å²) in [6.07, 6.45) is 2.04. The molecule has 1 atom stereocenters. The molecule has 1 rings (SSSR count). The van der Waals surface area contributed by atoms with E-state index in [0.717, 1.165) is 0 Å². The summed E-state index contributed by atoms with van der Waals surface area (Å²) in [5.74, 6) is 0. The van der Waals surface area contributed by atoms with Gasteiger partial charge < -0.3 is 24.9 Å². The Bertz CT molecular complexity index is 368. The van der Waals surface area contributed by atoms with Crippen molar-refractivity contribution in [1.82, 2.24) is 0 Å². The molecule has 1 fully saturated rings. The van der Waals surface area contributed by atoms with Gasteiger partial charge in [0.2, 0.25) is 0 Å². The number of nitrogens with two attached hydrogens (primary N) is 1. The summed E-state index contributed by atoms with van der Waals surface area (Å²) in [4.78, 5) is 4.09. The van der Waals surface area contributed by atoms with Gasteiger partial charge in [0.15, 0.2) is 6.29 Å². The van der Waals surface area contributed by atoms with Gasteiger partial charge in [-0.2, -0.15) is 0 Å². The van der Waals surface area contributed by atoms with E-state index in [1.54, 1.807) is 6.21 Å². The van der Waals surface area contributed by atoms with E-state index < -0.39 is 24.6 Å². The van der Waals surface area contributed by atoms with Gasteiger partial charge >= 0.3 is 7.12 Å². The summed E-state index contributed by atoms with van der Waals surface area (Å²) in [5.41, 5.74) is 5.36. The molecule has 0 aromatic heterocycles. The highest BCUT2D eigenvalue weighted by Crippen LogP contribution is 2.38. The number of nitrogens with zero attached hydrogens (tertiary/aromatic N) is 1. The average Bonchev–Trinajstić information content (AvgIpc) is 2.66. The van der Waals surface area contributed by atoms with E-state index in [4.69, 9.17) is 19.8 Å². The zero-order valence-electron chi connectivity index (χ0n) is 14.9. The van der Waals surface area contributed by atoms with Crippen LogP contribution in [-0.4, -0.2) is 49.1 Å². The first-order chi connectivity index (χ1) is 10.2. The number of rotatable bonds is 6. The van der Waals surface area contributed by atoms with E-state index in [1.807, 2.05) is 48.5 Å². The van der Waals surface area contributed by atoms with Gasteiger partial charge in [-0.3, -0.25) is 4.99 Å². The third-order valence-corrected chi connectivity index (χ3v) is 3.58. The molecule has 3 N–H and O–H groups in total. The minimum atomic E-state index is -0.909. The van der Waals surface area contributed by atoms with E-state index >= 15 is 0 Å². The predicted octanol–water partition coefficient (Wildman–Crippen LogP) is 1.91. The van der Waals surface area contributed by atoms with E-state index in [0.29, 0.717) is 12.1 Å². The van der Waals surface area contributed by atoms with Gasteiger partial charge in [0.25, 0.3) is 0 Å². The molecule has 1 heterocycles. The third kappa shape index (κ3) is 5.72. The fourth-order valence-corrected chi connectivity index (χ4v) is 1.65. The Kier molecular flexibility index (Phi) is 8.92. The number of hydrogen-bond acceptors (Lipinski definition) is 6. The number of aliphatic hydroxyl groups is 1. The number of aliphatic hydroxyl groups excluding tert-OH is 1. The molecule has 22 heavy (non-hydrogen) atoms. The predicted molar refractivity (Wildman–Crippen MR) is 90.7 cm³/mol. The van der Waals surface area contributed by atoms with Crippen molar-refractivity contribution in [2.75, 3.05) is 13.2 Å². The molecule has 0 aromatic carbocycles. The third-order valence-electron chi connectivity index (χ3n) is 3.58. The van der Waals surface area contributed by atoms with Crippen molar-refractivity contribution in [3.63, 3.8) is 0 Å². The maximum absolute atomic E-state index is 9.42. The number of hydrogen-bond donors (Lipinski definition) is 2. The van der Waals surface area contributed by atoms with Crippen LogP contribution in [0.1, 0.15) is 48.5 Å². The van der Waals surface area contributed by atoms with Gasteiger partial charge in [-0.25, -0.2) is 0 Å². The summed E-state index contributed by atoms with van der Waals surface area (Å²) in [6.45, 7) is 14.3. The normalized spacial score (nSPS) is 21.6. The lowest BCUT2D eigenvalue weighted by Crippen LogP contribution is -2.41. The molecule has 0 saturated carbocycles. The molecule has 0 amide bonds.